The first-order chi connectivity index (χ1) is 11.9. The molecule has 0 atom stereocenters. The molecule has 0 unspecified atom stereocenters. The van der Waals surface area contributed by atoms with Crippen molar-refractivity contribution < 1.29 is 17.9 Å². The summed E-state index contributed by atoms with van der Waals surface area (Å²) < 4.78 is 42.2. The molecule has 4 nitrogen and oxygen atoms in total. The molecule has 2 N–H and O–H groups in total. The molecule has 0 bridgehead atoms. The fourth-order valence-electron chi connectivity index (χ4n) is 2.09. The summed E-state index contributed by atoms with van der Waals surface area (Å²) in [7, 11) is 1.64. The number of ether oxygens (including phenoxy) is 1. The van der Waals surface area contributed by atoms with E-state index in [1.54, 1.807) is 37.4 Å². The highest BCUT2D eigenvalue weighted by molar-refractivity contribution is 14.0. The van der Waals surface area contributed by atoms with Gasteiger partial charge < -0.3 is 15.4 Å². The second-order valence-electron chi connectivity index (χ2n) is 5.37. The Morgan fingerprint density at radius 2 is 1.92 bits per heavy atom. The Hall–Kier alpha value is -1.49. The quantitative estimate of drug-likeness (QED) is 0.350. The van der Waals surface area contributed by atoms with Crippen LogP contribution in [0.5, 0.6) is 5.75 Å². The minimum absolute atomic E-state index is 0. The van der Waals surface area contributed by atoms with E-state index in [0.29, 0.717) is 24.6 Å². The normalized spacial score (nSPS) is 11.7. The van der Waals surface area contributed by atoms with Gasteiger partial charge in [-0.2, -0.15) is 13.2 Å². The van der Waals surface area contributed by atoms with E-state index in [1.165, 1.54) is 0 Å². The van der Waals surface area contributed by atoms with Gasteiger partial charge in [0, 0.05) is 24.0 Å². The minimum Gasteiger partial charge on any atom is -0.484 e. The predicted octanol–water partition coefficient (Wildman–Crippen LogP) is 4.48. The Labute approximate surface area is 171 Å². The summed E-state index contributed by atoms with van der Waals surface area (Å²) in [6, 6.07) is 9.16. The number of hydrogen-bond acceptors (Lipinski definition) is 3. The molecule has 0 aliphatic carbocycles. The maximum atomic E-state index is 12.4. The molecule has 1 heterocycles. The van der Waals surface area contributed by atoms with Crippen molar-refractivity contribution in [1.29, 1.82) is 0 Å². The third kappa shape index (κ3) is 7.81. The molecule has 0 saturated heterocycles. The van der Waals surface area contributed by atoms with Gasteiger partial charge in [-0.25, -0.2) is 0 Å². The third-order valence-electron chi connectivity index (χ3n) is 3.29. The zero-order valence-electron chi connectivity index (χ0n) is 14.4. The number of benzene rings is 1. The van der Waals surface area contributed by atoms with Gasteiger partial charge >= 0.3 is 6.18 Å². The number of nitrogens with zero attached hydrogens (tertiary/aromatic N) is 1. The van der Waals surface area contributed by atoms with Gasteiger partial charge in [-0.1, -0.05) is 18.2 Å². The molecule has 144 valence electrons. The molecule has 26 heavy (non-hydrogen) atoms. The largest absolute Gasteiger partial charge is 0.484 e. The molecule has 2 rings (SSSR count). The van der Waals surface area contributed by atoms with Crippen molar-refractivity contribution in [2.45, 2.75) is 26.2 Å². The average Bonchev–Trinajstić information content (AvgIpc) is 3.07. The third-order valence-corrected chi connectivity index (χ3v) is 4.17. The molecule has 1 aromatic carbocycles. The van der Waals surface area contributed by atoms with E-state index in [1.807, 2.05) is 23.6 Å². The number of aliphatic imine (C=N–C) groups is 1. The first-order valence-corrected chi connectivity index (χ1v) is 8.51. The van der Waals surface area contributed by atoms with Crippen LogP contribution >= 0.6 is 35.3 Å². The Kier molecular flexibility index (Phi) is 9.20. The molecule has 0 radical (unpaired) electrons. The van der Waals surface area contributed by atoms with Crippen LogP contribution in [0.1, 0.15) is 16.0 Å². The van der Waals surface area contributed by atoms with Gasteiger partial charge in [-0.15, -0.1) is 35.3 Å². The lowest BCUT2D eigenvalue weighted by Crippen LogP contribution is -2.36. The lowest BCUT2D eigenvalue weighted by atomic mass is 10.1. The van der Waals surface area contributed by atoms with E-state index in [9.17, 15) is 13.2 Å². The van der Waals surface area contributed by atoms with Gasteiger partial charge in [0.1, 0.15) is 5.75 Å². The van der Waals surface area contributed by atoms with Crippen molar-refractivity contribution in [3.8, 4) is 5.75 Å². The first kappa shape index (κ1) is 22.6. The molecule has 9 heteroatoms. The van der Waals surface area contributed by atoms with E-state index in [-0.39, 0.29) is 29.7 Å². The number of alkyl halides is 3. The summed E-state index contributed by atoms with van der Waals surface area (Å²) in [6.45, 7) is 1.42. The Morgan fingerprint density at radius 3 is 2.54 bits per heavy atom. The number of hydrogen-bond donors (Lipinski definition) is 2. The van der Waals surface area contributed by atoms with E-state index >= 15 is 0 Å². The van der Waals surface area contributed by atoms with Crippen molar-refractivity contribution >= 4 is 41.3 Å². The highest BCUT2D eigenvalue weighted by atomic mass is 127. The number of thiophene rings is 1. The minimum atomic E-state index is -4.37. The summed E-state index contributed by atoms with van der Waals surface area (Å²) >= 11 is 1.63. The molecule has 0 aliphatic rings. The Morgan fingerprint density at radius 1 is 1.19 bits per heavy atom. The number of rotatable bonds is 6. The van der Waals surface area contributed by atoms with Crippen LogP contribution in [0.15, 0.2) is 40.7 Å². The summed E-state index contributed by atoms with van der Waals surface area (Å²) in [5.74, 6) is 0.786. The van der Waals surface area contributed by atoms with Crippen LogP contribution < -0.4 is 15.4 Å². The fraction of sp³-hybridized carbons (Fsp3) is 0.353. The average molecular weight is 499 g/mol. The predicted molar refractivity (Wildman–Crippen MR) is 110 cm³/mol. The van der Waals surface area contributed by atoms with Gasteiger partial charge in [0.05, 0.1) is 6.54 Å². The molecule has 2 aromatic rings. The van der Waals surface area contributed by atoms with Crippen molar-refractivity contribution in [2.75, 3.05) is 13.7 Å². The zero-order valence-corrected chi connectivity index (χ0v) is 17.5. The summed E-state index contributed by atoms with van der Waals surface area (Å²) in [5, 5.41) is 8.23. The van der Waals surface area contributed by atoms with Crippen LogP contribution in [0.25, 0.3) is 0 Å². The van der Waals surface area contributed by atoms with Crippen molar-refractivity contribution in [2.24, 2.45) is 4.99 Å². The van der Waals surface area contributed by atoms with Crippen LogP contribution in [0.2, 0.25) is 0 Å². The smallest absolute Gasteiger partial charge is 0.422 e. The van der Waals surface area contributed by atoms with Crippen LogP contribution in [0, 0.1) is 6.92 Å². The van der Waals surface area contributed by atoms with Gasteiger partial charge in [0.25, 0.3) is 0 Å². The van der Waals surface area contributed by atoms with Gasteiger partial charge in [-0.05, 0) is 30.0 Å². The van der Waals surface area contributed by atoms with Crippen LogP contribution in [0.3, 0.4) is 0 Å². The van der Waals surface area contributed by atoms with Crippen molar-refractivity contribution in [3.05, 3.63) is 51.7 Å². The molecule has 0 aliphatic heterocycles. The Bertz CT molecular complexity index is 706. The van der Waals surface area contributed by atoms with Crippen LogP contribution in [0.4, 0.5) is 13.2 Å². The lowest BCUT2D eigenvalue weighted by molar-refractivity contribution is -0.153. The van der Waals surface area contributed by atoms with Crippen molar-refractivity contribution in [3.63, 3.8) is 0 Å². The lowest BCUT2D eigenvalue weighted by Gasteiger charge is -2.16. The number of halogens is 4. The molecular weight excluding hydrogens is 478 g/mol. The Balaban J connectivity index is 0.00000338. The summed E-state index contributed by atoms with van der Waals surface area (Å²) in [5.41, 5.74) is 1.47. The summed E-state index contributed by atoms with van der Waals surface area (Å²) in [6.07, 6.45) is -4.37. The first-order valence-electron chi connectivity index (χ1n) is 7.63. The van der Waals surface area contributed by atoms with E-state index in [0.717, 1.165) is 10.4 Å². The second kappa shape index (κ2) is 10.6. The molecular formula is C17H21F3IN3OS. The molecule has 0 saturated carbocycles. The highest BCUT2D eigenvalue weighted by Gasteiger charge is 2.28. The summed E-state index contributed by atoms with van der Waals surface area (Å²) in [4.78, 5) is 5.27. The van der Waals surface area contributed by atoms with Gasteiger partial charge in [0.15, 0.2) is 12.6 Å². The number of guanidine groups is 1. The molecule has 0 amide bonds. The van der Waals surface area contributed by atoms with Crippen LogP contribution in [-0.2, 0) is 13.1 Å². The zero-order chi connectivity index (χ0) is 18.3. The second-order valence-corrected chi connectivity index (χ2v) is 6.41. The standard InChI is InChI=1S/C17H20F3N3OS.HI/c1-12-5-6-13(15(8-12)24-11-17(18,19)20)9-22-16(21-2)23-10-14-4-3-7-25-14;/h3-8H,9-11H2,1-2H3,(H2,21,22,23);1H. The number of aryl methyl sites for hydroxylation is 1. The molecule has 0 fully saturated rings. The molecule has 0 spiro atoms. The van der Waals surface area contributed by atoms with E-state index in [2.05, 4.69) is 15.6 Å². The number of nitrogens with one attached hydrogen (secondary N) is 2. The maximum Gasteiger partial charge on any atom is 0.422 e. The monoisotopic (exact) mass is 499 g/mol. The van der Waals surface area contributed by atoms with Crippen LogP contribution in [-0.4, -0.2) is 25.8 Å². The van der Waals surface area contributed by atoms with Crippen molar-refractivity contribution in [1.82, 2.24) is 10.6 Å². The highest BCUT2D eigenvalue weighted by Crippen LogP contribution is 2.23. The fourth-order valence-corrected chi connectivity index (χ4v) is 2.73. The van der Waals surface area contributed by atoms with E-state index < -0.39 is 12.8 Å². The maximum absolute atomic E-state index is 12.4. The van der Waals surface area contributed by atoms with Gasteiger partial charge in [-0.3, -0.25) is 4.99 Å². The van der Waals surface area contributed by atoms with Gasteiger partial charge in [0.2, 0.25) is 0 Å². The van der Waals surface area contributed by atoms with E-state index in [4.69, 9.17) is 4.74 Å². The molecule has 1 aromatic heterocycles. The topological polar surface area (TPSA) is 45.7 Å². The SMILES string of the molecule is CN=C(NCc1cccs1)NCc1ccc(C)cc1OCC(F)(F)F.I.